The third kappa shape index (κ3) is 8.43. The molecule has 0 aromatic carbocycles. The monoisotopic (exact) mass is 215 g/mol. The molecule has 90 valence electrons. The first-order valence-corrected chi connectivity index (χ1v) is 5.69. The Kier molecular flexibility index (Phi) is 5.88. The third-order valence-electron chi connectivity index (χ3n) is 2.21. The Labute approximate surface area is 93.4 Å². The van der Waals surface area contributed by atoms with Crippen LogP contribution in [0.5, 0.6) is 0 Å². The van der Waals surface area contributed by atoms with E-state index in [0.717, 1.165) is 12.8 Å². The Morgan fingerprint density at radius 1 is 1.40 bits per heavy atom. The molecule has 0 aromatic heterocycles. The van der Waals surface area contributed by atoms with Crippen LogP contribution in [0.25, 0.3) is 0 Å². The van der Waals surface area contributed by atoms with E-state index in [1.165, 1.54) is 0 Å². The molecule has 0 amide bonds. The first kappa shape index (κ1) is 14.4. The summed E-state index contributed by atoms with van der Waals surface area (Å²) in [5.74, 6) is -0.180. The Balaban J connectivity index is 3.87. The van der Waals surface area contributed by atoms with Crippen LogP contribution in [0.2, 0.25) is 0 Å². The van der Waals surface area contributed by atoms with Gasteiger partial charge in [0.1, 0.15) is 0 Å². The van der Waals surface area contributed by atoms with Crippen molar-refractivity contribution >= 4 is 5.97 Å². The summed E-state index contributed by atoms with van der Waals surface area (Å²) in [6.45, 7) is 10.2. The number of ether oxygens (including phenoxy) is 1. The minimum absolute atomic E-state index is 0.000614. The van der Waals surface area contributed by atoms with Gasteiger partial charge in [-0.15, -0.1) is 0 Å². The van der Waals surface area contributed by atoms with Gasteiger partial charge in [-0.3, -0.25) is 4.79 Å². The molecule has 3 heteroatoms. The molecule has 0 heterocycles. The lowest BCUT2D eigenvalue weighted by molar-refractivity contribution is -0.148. The molecule has 0 aliphatic carbocycles. The number of esters is 1. The molecule has 0 radical (unpaired) electrons. The van der Waals surface area contributed by atoms with Crippen molar-refractivity contribution in [3.63, 3.8) is 0 Å². The van der Waals surface area contributed by atoms with Crippen LogP contribution in [0.3, 0.4) is 0 Å². The minimum atomic E-state index is -0.180. The maximum absolute atomic E-state index is 11.4. The van der Waals surface area contributed by atoms with Gasteiger partial charge < -0.3 is 10.5 Å². The van der Waals surface area contributed by atoms with Gasteiger partial charge in [-0.25, -0.2) is 0 Å². The molecule has 0 aromatic rings. The van der Waals surface area contributed by atoms with Gasteiger partial charge in [-0.1, -0.05) is 27.7 Å². The van der Waals surface area contributed by atoms with Crippen molar-refractivity contribution in [1.82, 2.24) is 0 Å². The average Bonchev–Trinajstić information content (AvgIpc) is 1.99. The predicted molar refractivity (Wildman–Crippen MR) is 62.5 cm³/mol. The van der Waals surface area contributed by atoms with Gasteiger partial charge in [0.25, 0.3) is 0 Å². The summed E-state index contributed by atoms with van der Waals surface area (Å²) < 4.78 is 5.17. The van der Waals surface area contributed by atoms with Crippen molar-refractivity contribution in [1.29, 1.82) is 0 Å². The Morgan fingerprint density at radius 3 is 2.33 bits per heavy atom. The van der Waals surface area contributed by atoms with E-state index >= 15 is 0 Å². The van der Waals surface area contributed by atoms with E-state index in [1.807, 2.05) is 13.8 Å². The van der Waals surface area contributed by atoms with Crippen LogP contribution < -0.4 is 5.73 Å². The summed E-state index contributed by atoms with van der Waals surface area (Å²) in [5, 5.41) is 0. The normalized spacial score (nSPS) is 15.9. The van der Waals surface area contributed by atoms with Crippen LogP contribution in [-0.4, -0.2) is 18.1 Å². The van der Waals surface area contributed by atoms with E-state index in [2.05, 4.69) is 20.8 Å². The van der Waals surface area contributed by atoms with Crippen molar-refractivity contribution in [2.24, 2.45) is 11.1 Å². The smallest absolute Gasteiger partial charge is 0.307 e. The largest absolute Gasteiger partial charge is 0.463 e. The lowest BCUT2D eigenvalue weighted by Gasteiger charge is -2.23. The van der Waals surface area contributed by atoms with Crippen LogP contribution in [0.15, 0.2) is 0 Å². The second kappa shape index (κ2) is 6.11. The molecule has 0 saturated heterocycles. The van der Waals surface area contributed by atoms with Gasteiger partial charge in [0.15, 0.2) is 0 Å². The molecule has 0 bridgehead atoms. The van der Waals surface area contributed by atoms with Crippen LogP contribution in [0.1, 0.15) is 53.9 Å². The zero-order valence-electron chi connectivity index (χ0n) is 10.7. The quantitative estimate of drug-likeness (QED) is 0.717. The number of hydrogen-bond donors (Lipinski definition) is 1. The highest BCUT2D eigenvalue weighted by atomic mass is 16.5. The van der Waals surface area contributed by atoms with Crippen molar-refractivity contribution in [3.05, 3.63) is 0 Å². The molecule has 3 nitrogen and oxygen atoms in total. The molecular weight excluding hydrogens is 190 g/mol. The van der Waals surface area contributed by atoms with Crippen LogP contribution in [-0.2, 0) is 9.53 Å². The van der Waals surface area contributed by atoms with E-state index in [9.17, 15) is 4.79 Å². The van der Waals surface area contributed by atoms with E-state index in [1.54, 1.807) is 0 Å². The van der Waals surface area contributed by atoms with Gasteiger partial charge in [0.2, 0.25) is 0 Å². The van der Waals surface area contributed by atoms with Crippen molar-refractivity contribution < 1.29 is 9.53 Å². The summed E-state index contributed by atoms with van der Waals surface area (Å²) in [4.78, 5) is 11.4. The standard InChI is InChI=1S/C12H25NO2/c1-6-9(2)15-11(14)7-10(13)8-12(3,4)5/h9-10H,6-8,13H2,1-5H3. The zero-order valence-corrected chi connectivity index (χ0v) is 10.7. The Morgan fingerprint density at radius 2 is 1.93 bits per heavy atom. The van der Waals surface area contributed by atoms with Crippen molar-refractivity contribution in [3.8, 4) is 0 Å². The summed E-state index contributed by atoms with van der Waals surface area (Å²) in [5.41, 5.74) is 6.04. The molecule has 0 aliphatic rings. The highest BCUT2D eigenvalue weighted by Gasteiger charge is 2.19. The molecule has 2 unspecified atom stereocenters. The van der Waals surface area contributed by atoms with Crippen LogP contribution in [0.4, 0.5) is 0 Å². The number of hydrogen-bond acceptors (Lipinski definition) is 3. The van der Waals surface area contributed by atoms with Gasteiger partial charge in [0, 0.05) is 6.04 Å². The fraction of sp³-hybridized carbons (Fsp3) is 0.917. The first-order valence-electron chi connectivity index (χ1n) is 5.69. The number of rotatable bonds is 5. The first-order chi connectivity index (χ1) is 6.74. The summed E-state index contributed by atoms with van der Waals surface area (Å²) in [6, 6.07) is -0.0958. The number of nitrogens with two attached hydrogens (primary N) is 1. The van der Waals surface area contributed by atoms with E-state index < -0.39 is 0 Å². The summed E-state index contributed by atoms with van der Waals surface area (Å²) in [6.07, 6.45) is 2.00. The summed E-state index contributed by atoms with van der Waals surface area (Å²) in [7, 11) is 0. The third-order valence-corrected chi connectivity index (χ3v) is 2.21. The van der Waals surface area contributed by atoms with Gasteiger partial charge >= 0.3 is 5.97 Å². The molecule has 0 spiro atoms. The summed E-state index contributed by atoms with van der Waals surface area (Å²) >= 11 is 0. The van der Waals surface area contributed by atoms with Crippen LogP contribution in [0, 0.1) is 5.41 Å². The SMILES string of the molecule is CCC(C)OC(=O)CC(N)CC(C)(C)C. The number of carbonyl (C=O) groups is 1. The minimum Gasteiger partial charge on any atom is -0.463 e. The molecule has 2 N–H and O–H groups in total. The van der Waals surface area contributed by atoms with E-state index in [-0.39, 0.29) is 23.5 Å². The number of carbonyl (C=O) groups excluding carboxylic acids is 1. The van der Waals surface area contributed by atoms with Gasteiger partial charge in [0.05, 0.1) is 12.5 Å². The van der Waals surface area contributed by atoms with Crippen molar-refractivity contribution in [2.75, 3.05) is 0 Å². The molecule has 2 atom stereocenters. The maximum Gasteiger partial charge on any atom is 0.307 e. The fourth-order valence-electron chi connectivity index (χ4n) is 1.43. The topological polar surface area (TPSA) is 52.3 Å². The van der Waals surface area contributed by atoms with Gasteiger partial charge in [-0.2, -0.15) is 0 Å². The molecule has 15 heavy (non-hydrogen) atoms. The molecule has 0 saturated carbocycles. The lowest BCUT2D eigenvalue weighted by atomic mass is 9.87. The average molecular weight is 215 g/mol. The lowest BCUT2D eigenvalue weighted by Crippen LogP contribution is -2.30. The Bertz CT molecular complexity index is 196. The molecule has 0 rings (SSSR count). The fourth-order valence-corrected chi connectivity index (χ4v) is 1.43. The molecule has 0 aliphatic heterocycles. The second-order valence-corrected chi connectivity index (χ2v) is 5.44. The van der Waals surface area contributed by atoms with Gasteiger partial charge in [-0.05, 0) is 25.2 Å². The van der Waals surface area contributed by atoms with Crippen LogP contribution >= 0.6 is 0 Å². The van der Waals surface area contributed by atoms with Crippen molar-refractivity contribution in [2.45, 2.75) is 66.0 Å². The predicted octanol–water partition coefficient (Wildman–Crippen LogP) is 2.48. The highest BCUT2D eigenvalue weighted by molar-refractivity contribution is 5.70. The highest BCUT2D eigenvalue weighted by Crippen LogP contribution is 2.21. The maximum atomic E-state index is 11.4. The second-order valence-electron chi connectivity index (χ2n) is 5.44. The van der Waals surface area contributed by atoms with E-state index in [4.69, 9.17) is 10.5 Å². The Hall–Kier alpha value is -0.570. The molecular formula is C12H25NO2. The molecule has 0 fully saturated rings. The van der Waals surface area contributed by atoms with E-state index in [0.29, 0.717) is 6.42 Å². The zero-order chi connectivity index (χ0) is 12.1.